The molecule has 0 unspecified atom stereocenters. The van der Waals surface area contributed by atoms with Gasteiger partial charge in [0.1, 0.15) is 0 Å². The zero-order valence-electron chi connectivity index (χ0n) is 11.8. The van der Waals surface area contributed by atoms with E-state index in [-0.39, 0.29) is 5.97 Å². The quantitative estimate of drug-likeness (QED) is 0.492. The third-order valence-corrected chi connectivity index (χ3v) is 2.63. The molecule has 0 radical (unpaired) electrons. The summed E-state index contributed by atoms with van der Waals surface area (Å²) < 4.78 is 4.88. The van der Waals surface area contributed by atoms with Crippen LogP contribution in [-0.2, 0) is 9.53 Å². The lowest BCUT2D eigenvalue weighted by Crippen LogP contribution is -2.28. The minimum atomic E-state index is -0.494. The molecule has 108 valence electrons. The smallest absolute Gasteiger partial charge is 0.339 e. The number of benzene rings is 1. The Morgan fingerprint density at radius 3 is 2.55 bits per heavy atom. The summed E-state index contributed by atoms with van der Waals surface area (Å²) in [5, 5.41) is 6.49. The molecule has 0 aromatic heterocycles. The van der Waals surface area contributed by atoms with Crippen molar-refractivity contribution in [1.82, 2.24) is 5.43 Å². The van der Waals surface area contributed by atoms with Crippen molar-refractivity contribution in [2.24, 2.45) is 11.0 Å². The monoisotopic (exact) mass is 277 g/mol. The number of nitrogens with zero attached hydrogens (tertiary/aromatic N) is 1. The summed E-state index contributed by atoms with van der Waals surface area (Å²) in [5.41, 5.74) is 3.48. The van der Waals surface area contributed by atoms with Crippen molar-refractivity contribution >= 4 is 23.4 Å². The molecule has 1 aromatic carbocycles. The van der Waals surface area contributed by atoms with Crippen molar-refractivity contribution in [2.45, 2.75) is 20.8 Å². The van der Waals surface area contributed by atoms with Crippen LogP contribution in [-0.4, -0.2) is 24.3 Å². The second kappa shape index (κ2) is 7.93. The average Bonchev–Trinajstić information content (AvgIpc) is 2.45. The minimum absolute atomic E-state index is 0.318. The lowest BCUT2D eigenvalue weighted by Gasteiger charge is -2.10. The summed E-state index contributed by atoms with van der Waals surface area (Å²) in [4.78, 5) is 23.1. The van der Waals surface area contributed by atoms with Crippen molar-refractivity contribution in [1.29, 1.82) is 0 Å². The Bertz CT molecular complexity index is 486. The van der Waals surface area contributed by atoms with Crippen LogP contribution in [0.15, 0.2) is 35.4 Å². The van der Waals surface area contributed by atoms with Crippen LogP contribution >= 0.6 is 0 Å². The Kier molecular flexibility index (Phi) is 6.22. The number of amides is 2. The van der Waals surface area contributed by atoms with Gasteiger partial charge in [0.2, 0.25) is 0 Å². The summed E-state index contributed by atoms with van der Waals surface area (Å²) in [7, 11) is 0. The number of hydrazone groups is 1. The molecule has 6 heteroatoms. The molecule has 0 aliphatic rings. The summed E-state index contributed by atoms with van der Waals surface area (Å²) >= 11 is 0. The molecule has 2 amide bonds. The third kappa shape index (κ3) is 5.09. The lowest BCUT2D eigenvalue weighted by atomic mass is 10.1. The Labute approximate surface area is 118 Å². The first-order chi connectivity index (χ1) is 9.54. The van der Waals surface area contributed by atoms with Gasteiger partial charge in [-0.15, -0.1) is 0 Å². The van der Waals surface area contributed by atoms with Crippen molar-refractivity contribution < 1.29 is 14.3 Å². The molecule has 0 aliphatic carbocycles. The molecule has 0 heterocycles. The van der Waals surface area contributed by atoms with Crippen LogP contribution < -0.4 is 10.7 Å². The van der Waals surface area contributed by atoms with E-state index in [9.17, 15) is 9.59 Å². The van der Waals surface area contributed by atoms with E-state index in [2.05, 4.69) is 15.8 Å². The maximum atomic E-state index is 11.6. The predicted molar refractivity (Wildman–Crippen MR) is 77.5 cm³/mol. The van der Waals surface area contributed by atoms with E-state index in [4.69, 9.17) is 4.74 Å². The molecule has 0 spiro atoms. The first-order valence-electron chi connectivity index (χ1n) is 6.37. The highest BCUT2D eigenvalue weighted by atomic mass is 16.5. The van der Waals surface area contributed by atoms with Crippen molar-refractivity contribution in [2.75, 3.05) is 11.9 Å². The number of carbonyl (C=O) groups excluding carboxylic acids is 2. The summed E-state index contributed by atoms with van der Waals surface area (Å²) in [6.45, 7) is 5.39. The van der Waals surface area contributed by atoms with Crippen molar-refractivity contribution in [3.63, 3.8) is 0 Å². The minimum Gasteiger partial charge on any atom is -0.465 e. The van der Waals surface area contributed by atoms with E-state index in [0.717, 1.165) is 0 Å². The number of nitrogens with one attached hydrogen (secondary N) is 2. The number of hydrogen-bond donors (Lipinski definition) is 2. The number of ether oxygens (including phenoxy) is 1. The first-order valence-corrected chi connectivity index (χ1v) is 6.37. The average molecular weight is 277 g/mol. The largest absolute Gasteiger partial charge is 0.465 e. The molecule has 0 saturated heterocycles. The van der Waals surface area contributed by atoms with Gasteiger partial charge in [-0.25, -0.2) is 10.2 Å². The van der Waals surface area contributed by atoms with Gasteiger partial charge >= 0.3 is 12.0 Å². The second-order valence-corrected chi connectivity index (χ2v) is 4.16. The first kappa shape index (κ1) is 15.7. The van der Waals surface area contributed by atoms with Crippen LogP contribution in [0.4, 0.5) is 10.5 Å². The maximum absolute atomic E-state index is 11.6. The van der Waals surface area contributed by atoms with Crippen LogP contribution in [0, 0.1) is 5.92 Å². The van der Waals surface area contributed by atoms with Gasteiger partial charge in [0, 0.05) is 11.4 Å². The van der Waals surface area contributed by atoms with Gasteiger partial charge in [0.15, 0.2) is 0 Å². The molecule has 1 aromatic rings. The van der Waals surface area contributed by atoms with Crippen LogP contribution in [0.1, 0.15) is 20.8 Å². The summed E-state index contributed by atoms with van der Waals surface area (Å²) in [5.74, 6) is -0.856. The Balaban J connectivity index is 2.50. The van der Waals surface area contributed by atoms with Crippen LogP contribution in [0.5, 0.6) is 0 Å². The molecule has 20 heavy (non-hydrogen) atoms. The second-order valence-electron chi connectivity index (χ2n) is 4.16. The SMILES string of the molecule is CCOC(=O)[C@H](C)/C(C)=N\NC(=O)Nc1ccccc1. The van der Waals surface area contributed by atoms with Crippen molar-refractivity contribution in [3.8, 4) is 0 Å². The van der Waals surface area contributed by atoms with E-state index >= 15 is 0 Å². The van der Waals surface area contributed by atoms with Gasteiger partial charge in [0.25, 0.3) is 0 Å². The van der Waals surface area contributed by atoms with Gasteiger partial charge in [-0.3, -0.25) is 4.79 Å². The summed E-state index contributed by atoms with van der Waals surface area (Å²) in [6, 6.07) is 8.53. The number of hydrogen-bond acceptors (Lipinski definition) is 4. The number of carbonyl (C=O) groups is 2. The normalized spacial score (nSPS) is 12.4. The Morgan fingerprint density at radius 2 is 1.95 bits per heavy atom. The van der Waals surface area contributed by atoms with Gasteiger partial charge in [-0.1, -0.05) is 18.2 Å². The van der Waals surface area contributed by atoms with Crippen LogP contribution in [0.3, 0.4) is 0 Å². The fraction of sp³-hybridized carbons (Fsp3) is 0.357. The highest BCUT2D eigenvalue weighted by Crippen LogP contribution is 2.05. The molecule has 0 saturated carbocycles. The van der Waals surface area contributed by atoms with E-state index < -0.39 is 11.9 Å². The Morgan fingerprint density at radius 1 is 1.30 bits per heavy atom. The summed E-state index contributed by atoms with van der Waals surface area (Å²) in [6.07, 6.45) is 0. The number of esters is 1. The molecule has 0 aliphatic heterocycles. The van der Waals surface area contributed by atoms with Crippen molar-refractivity contribution in [3.05, 3.63) is 30.3 Å². The fourth-order valence-electron chi connectivity index (χ4n) is 1.35. The molecular formula is C14H19N3O3. The predicted octanol–water partition coefficient (Wildman–Crippen LogP) is 2.38. The van der Waals surface area contributed by atoms with E-state index in [0.29, 0.717) is 18.0 Å². The highest BCUT2D eigenvalue weighted by molar-refractivity contribution is 6.01. The molecule has 0 fully saturated rings. The van der Waals surface area contributed by atoms with Gasteiger partial charge < -0.3 is 10.1 Å². The van der Waals surface area contributed by atoms with Gasteiger partial charge in [-0.2, -0.15) is 5.10 Å². The van der Waals surface area contributed by atoms with Crippen LogP contribution in [0.2, 0.25) is 0 Å². The number of para-hydroxylation sites is 1. The number of urea groups is 1. The van der Waals surface area contributed by atoms with E-state index in [1.54, 1.807) is 32.9 Å². The number of anilines is 1. The topological polar surface area (TPSA) is 79.8 Å². The standard InChI is InChI=1S/C14H19N3O3/c1-4-20-13(18)10(2)11(3)16-17-14(19)15-12-8-6-5-7-9-12/h5-10H,4H2,1-3H3,(H2,15,17,19)/b16-11-/t10-/m1/s1. The number of rotatable bonds is 5. The van der Waals surface area contributed by atoms with E-state index in [1.165, 1.54) is 0 Å². The molecule has 1 rings (SSSR count). The zero-order valence-corrected chi connectivity index (χ0v) is 11.8. The highest BCUT2D eigenvalue weighted by Gasteiger charge is 2.17. The molecule has 1 atom stereocenters. The van der Waals surface area contributed by atoms with Gasteiger partial charge in [0.05, 0.1) is 12.5 Å². The van der Waals surface area contributed by atoms with Crippen LogP contribution in [0.25, 0.3) is 0 Å². The fourth-order valence-corrected chi connectivity index (χ4v) is 1.35. The van der Waals surface area contributed by atoms with E-state index in [1.807, 2.05) is 18.2 Å². The zero-order chi connectivity index (χ0) is 15.0. The molecular weight excluding hydrogens is 258 g/mol. The Hall–Kier alpha value is -2.37. The molecule has 0 bridgehead atoms. The molecule has 6 nitrogen and oxygen atoms in total. The molecule has 2 N–H and O–H groups in total. The maximum Gasteiger partial charge on any atom is 0.339 e. The van der Waals surface area contributed by atoms with Gasteiger partial charge in [-0.05, 0) is 32.9 Å². The lowest BCUT2D eigenvalue weighted by molar-refractivity contribution is -0.145. The third-order valence-electron chi connectivity index (χ3n) is 2.63.